The van der Waals surface area contributed by atoms with E-state index < -0.39 is 0 Å². The first-order valence-electron chi connectivity index (χ1n) is 8.64. The summed E-state index contributed by atoms with van der Waals surface area (Å²) < 4.78 is 0. The Morgan fingerprint density at radius 2 is 1.67 bits per heavy atom. The third-order valence-electron chi connectivity index (χ3n) is 4.30. The monoisotopic (exact) mass is 354 g/mol. The number of carbonyl (C=O) groups is 1. The smallest absolute Gasteiger partial charge is 0.274 e. The molecule has 0 bridgehead atoms. The Morgan fingerprint density at radius 3 is 2.48 bits per heavy atom. The van der Waals surface area contributed by atoms with Crippen molar-refractivity contribution in [3.05, 3.63) is 90.4 Å². The van der Waals surface area contributed by atoms with Gasteiger partial charge in [0.2, 0.25) is 0 Å². The summed E-state index contributed by atoms with van der Waals surface area (Å²) in [5.74, 6) is -0.234. The van der Waals surface area contributed by atoms with E-state index in [4.69, 9.17) is 0 Å². The zero-order valence-corrected chi connectivity index (χ0v) is 14.8. The van der Waals surface area contributed by atoms with Crippen LogP contribution in [0.5, 0.6) is 0 Å². The van der Waals surface area contributed by atoms with Crippen molar-refractivity contribution in [2.75, 3.05) is 10.6 Å². The Labute approximate surface area is 157 Å². The number of aromatic nitrogens is 2. The van der Waals surface area contributed by atoms with Crippen molar-refractivity contribution >= 4 is 33.9 Å². The molecule has 1 amide bonds. The fourth-order valence-corrected chi connectivity index (χ4v) is 2.86. The molecular formula is C22H18N4O. The van der Waals surface area contributed by atoms with Crippen molar-refractivity contribution in [2.24, 2.45) is 0 Å². The van der Waals surface area contributed by atoms with Crippen LogP contribution in [0, 0.1) is 6.92 Å². The number of benzene rings is 2. The predicted molar refractivity (Wildman–Crippen MR) is 108 cm³/mol. The van der Waals surface area contributed by atoms with Crippen LogP contribution in [-0.2, 0) is 0 Å². The van der Waals surface area contributed by atoms with Crippen LogP contribution in [-0.4, -0.2) is 15.9 Å². The second kappa shape index (κ2) is 7.25. The molecular weight excluding hydrogens is 336 g/mol. The number of anilines is 3. The van der Waals surface area contributed by atoms with E-state index in [1.54, 1.807) is 18.5 Å². The SMILES string of the molecule is Cc1ccccc1NC(=O)c1ccc(Nc2cccc3cccnc23)cn1. The number of aryl methyl sites for hydroxylation is 1. The van der Waals surface area contributed by atoms with Gasteiger partial charge in [0.15, 0.2) is 0 Å². The van der Waals surface area contributed by atoms with Crippen LogP contribution in [0.1, 0.15) is 16.1 Å². The summed E-state index contributed by atoms with van der Waals surface area (Å²) in [4.78, 5) is 21.1. The molecule has 0 aliphatic heterocycles. The van der Waals surface area contributed by atoms with Crippen LogP contribution in [0.4, 0.5) is 17.1 Å². The van der Waals surface area contributed by atoms with Crippen LogP contribution in [0.2, 0.25) is 0 Å². The minimum absolute atomic E-state index is 0.234. The molecule has 2 N–H and O–H groups in total. The second-order valence-electron chi connectivity index (χ2n) is 6.21. The predicted octanol–water partition coefficient (Wildman–Crippen LogP) is 4.93. The Balaban J connectivity index is 1.52. The number of rotatable bonds is 4. The number of pyridine rings is 2. The van der Waals surface area contributed by atoms with E-state index in [1.807, 2.05) is 67.6 Å². The van der Waals surface area contributed by atoms with E-state index in [1.165, 1.54) is 0 Å². The average molecular weight is 354 g/mol. The van der Waals surface area contributed by atoms with Crippen molar-refractivity contribution in [2.45, 2.75) is 6.92 Å². The van der Waals surface area contributed by atoms with E-state index in [2.05, 4.69) is 20.6 Å². The topological polar surface area (TPSA) is 66.9 Å². The molecule has 27 heavy (non-hydrogen) atoms. The maximum absolute atomic E-state index is 12.4. The molecule has 0 atom stereocenters. The lowest BCUT2D eigenvalue weighted by molar-refractivity contribution is 0.102. The number of amides is 1. The molecule has 2 aromatic carbocycles. The van der Waals surface area contributed by atoms with Gasteiger partial charge in [-0.1, -0.05) is 36.4 Å². The Bertz CT molecular complexity index is 1100. The third kappa shape index (κ3) is 3.62. The first-order valence-corrected chi connectivity index (χ1v) is 8.64. The summed E-state index contributed by atoms with van der Waals surface area (Å²) in [5.41, 5.74) is 4.73. The van der Waals surface area contributed by atoms with Crippen LogP contribution in [0.3, 0.4) is 0 Å². The van der Waals surface area contributed by atoms with Crippen LogP contribution >= 0.6 is 0 Å². The minimum Gasteiger partial charge on any atom is -0.352 e. The zero-order chi connectivity index (χ0) is 18.6. The number of hydrogen-bond acceptors (Lipinski definition) is 4. The van der Waals surface area contributed by atoms with Gasteiger partial charge in [-0.2, -0.15) is 0 Å². The second-order valence-corrected chi connectivity index (χ2v) is 6.21. The molecule has 0 saturated carbocycles. The molecule has 2 heterocycles. The first-order chi connectivity index (χ1) is 13.2. The number of para-hydroxylation sites is 2. The molecule has 0 aliphatic carbocycles. The van der Waals surface area contributed by atoms with Crippen molar-refractivity contribution in [3.8, 4) is 0 Å². The van der Waals surface area contributed by atoms with Crippen molar-refractivity contribution < 1.29 is 4.79 Å². The van der Waals surface area contributed by atoms with E-state index in [-0.39, 0.29) is 5.91 Å². The molecule has 4 aromatic rings. The molecule has 0 unspecified atom stereocenters. The third-order valence-corrected chi connectivity index (χ3v) is 4.30. The number of carbonyl (C=O) groups excluding carboxylic acids is 1. The summed E-state index contributed by atoms with van der Waals surface area (Å²) in [7, 11) is 0. The van der Waals surface area contributed by atoms with Gasteiger partial charge in [-0.25, -0.2) is 4.98 Å². The van der Waals surface area contributed by atoms with Crippen molar-refractivity contribution in [3.63, 3.8) is 0 Å². The number of nitrogens with zero attached hydrogens (tertiary/aromatic N) is 2. The number of nitrogens with one attached hydrogen (secondary N) is 2. The highest BCUT2D eigenvalue weighted by atomic mass is 16.1. The van der Waals surface area contributed by atoms with Crippen LogP contribution in [0.25, 0.3) is 10.9 Å². The molecule has 5 heteroatoms. The quantitative estimate of drug-likeness (QED) is 0.545. The van der Waals surface area contributed by atoms with Gasteiger partial charge in [-0.05, 0) is 42.8 Å². The lowest BCUT2D eigenvalue weighted by atomic mass is 10.2. The Morgan fingerprint density at radius 1 is 0.852 bits per heavy atom. The largest absolute Gasteiger partial charge is 0.352 e. The Kier molecular flexibility index (Phi) is 4.49. The molecule has 0 fully saturated rings. The molecule has 132 valence electrons. The number of fused-ring (bicyclic) bond motifs is 1. The molecule has 4 rings (SSSR count). The van der Waals surface area contributed by atoms with Gasteiger partial charge in [0.25, 0.3) is 5.91 Å². The highest BCUT2D eigenvalue weighted by Gasteiger charge is 2.09. The van der Waals surface area contributed by atoms with Gasteiger partial charge < -0.3 is 10.6 Å². The fraction of sp³-hybridized carbons (Fsp3) is 0.0455. The van der Waals surface area contributed by atoms with Crippen molar-refractivity contribution in [1.29, 1.82) is 0 Å². The summed E-state index contributed by atoms with van der Waals surface area (Å²) in [6.07, 6.45) is 3.42. The Hall–Kier alpha value is -3.73. The summed E-state index contributed by atoms with van der Waals surface area (Å²) in [6, 6.07) is 21.1. The van der Waals surface area contributed by atoms with Gasteiger partial charge in [0, 0.05) is 17.3 Å². The summed E-state index contributed by atoms with van der Waals surface area (Å²) >= 11 is 0. The van der Waals surface area contributed by atoms with Gasteiger partial charge in [0.05, 0.1) is 23.1 Å². The van der Waals surface area contributed by atoms with Gasteiger partial charge in [-0.15, -0.1) is 0 Å². The molecule has 0 saturated heterocycles. The normalized spacial score (nSPS) is 10.6. The minimum atomic E-state index is -0.234. The zero-order valence-electron chi connectivity index (χ0n) is 14.8. The van der Waals surface area contributed by atoms with Gasteiger partial charge in [0.1, 0.15) is 5.69 Å². The highest BCUT2D eigenvalue weighted by molar-refractivity contribution is 6.03. The fourth-order valence-electron chi connectivity index (χ4n) is 2.86. The van der Waals surface area contributed by atoms with Crippen LogP contribution in [0.15, 0.2) is 79.1 Å². The summed E-state index contributed by atoms with van der Waals surface area (Å²) in [5, 5.41) is 7.26. The lowest BCUT2D eigenvalue weighted by Crippen LogP contribution is -2.14. The van der Waals surface area contributed by atoms with Crippen LogP contribution < -0.4 is 10.6 Å². The molecule has 5 nitrogen and oxygen atoms in total. The standard InChI is InChI=1S/C22H18N4O/c1-15-6-2-3-9-18(15)26-22(27)20-12-11-17(14-24-20)25-19-10-4-7-16-8-5-13-23-21(16)19/h2-14,25H,1H3,(H,26,27). The number of hydrogen-bond donors (Lipinski definition) is 2. The average Bonchev–Trinajstić information content (AvgIpc) is 2.70. The molecule has 0 spiro atoms. The van der Waals surface area contributed by atoms with E-state index in [0.717, 1.165) is 33.5 Å². The maximum atomic E-state index is 12.4. The molecule has 0 aliphatic rings. The maximum Gasteiger partial charge on any atom is 0.274 e. The highest BCUT2D eigenvalue weighted by Crippen LogP contribution is 2.24. The van der Waals surface area contributed by atoms with E-state index in [0.29, 0.717) is 5.69 Å². The van der Waals surface area contributed by atoms with E-state index in [9.17, 15) is 4.79 Å². The summed E-state index contributed by atoms with van der Waals surface area (Å²) in [6.45, 7) is 1.95. The lowest BCUT2D eigenvalue weighted by Gasteiger charge is -2.10. The van der Waals surface area contributed by atoms with Crippen molar-refractivity contribution in [1.82, 2.24) is 9.97 Å². The first kappa shape index (κ1) is 16.7. The van der Waals surface area contributed by atoms with Gasteiger partial charge >= 0.3 is 0 Å². The molecule has 2 aromatic heterocycles. The molecule has 0 radical (unpaired) electrons. The van der Waals surface area contributed by atoms with E-state index >= 15 is 0 Å². The van der Waals surface area contributed by atoms with Gasteiger partial charge in [-0.3, -0.25) is 9.78 Å².